The van der Waals surface area contributed by atoms with E-state index in [0.29, 0.717) is 13.0 Å². The Morgan fingerprint density at radius 1 is 1.69 bits per heavy atom. The molecule has 1 heterocycles. The summed E-state index contributed by atoms with van der Waals surface area (Å²) >= 11 is 5.11. The van der Waals surface area contributed by atoms with Gasteiger partial charge in [-0.2, -0.15) is 0 Å². The molecule has 1 aromatic heterocycles. The van der Waals surface area contributed by atoms with Crippen molar-refractivity contribution in [3.8, 4) is 0 Å². The van der Waals surface area contributed by atoms with Gasteiger partial charge in [0.1, 0.15) is 0 Å². The number of nitrogens with two attached hydrogens (primary N) is 1. The van der Waals surface area contributed by atoms with Crippen molar-refractivity contribution in [1.29, 1.82) is 0 Å². The van der Waals surface area contributed by atoms with Crippen LogP contribution in [0.25, 0.3) is 0 Å². The maximum Gasteiger partial charge on any atom is 0.218 e. The second-order valence-electron chi connectivity index (χ2n) is 2.58. The highest BCUT2D eigenvalue weighted by Crippen LogP contribution is 2.21. The zero-order chi connectivity index (χ0) is 9.68. The summed E-state index contributed by atoms with van der Waals surface area (Å²) in [6, 6.07) is 2.01. The number of hydrogen-bond donors (Lipinski definition) is 2. The van der Waals surface area contributed by atoms with Gasteiger partial charge >= 0.3 is 0 Å². The van der Waals surface area contributed by atoms with Gasteiger partial charge in [0.25, 0.3) is 0 Å². The van der Waals surface area contributed by atoms with Crippen molar-refractivity contribution in [2.75, 3.05) is 6.54 Å². The van der Waals surface area contributed by atoms with Crippen LogP contribution in [0.3, 0.4) is 0 Å². The van der Waals surface area contributed by atoms with Crippen molar-refractivity contribution >= 4 is 33.2 Å². The molecule has 0 spiro atoms. The number of thiophene rings is 1. The van der Waals surface area contributed by atoms with Gasteiger partial charge in [-0.3, -0.25) is 4.79 Å². The molecule has 13 heavy (non-hydrogen) atoms. The summed E-state index contributed by atoms with van der Waals surface area (Å²) in [7, 11) is 0. The highest BCUT2D eigenvalue weighted by molar-refractivity contribution is 9.10. The van der Waals surface area contributed by atoms with E-state index in [-0.39, 0.29) is 5.91 Å². The lowest BCUT2D eigenvalue weighted by Crippen LogP contribution is -2.21. The summed E-state index contributed by atoms with van der Waals surface area (Å²) in [5, 5.41) is 5.16. The van der Waals surface area contributed by atoms with E-state index in [1.54, 1.807) is 11.3 Å². The molecule has 0 saturated carbocycles. The fourth-order valence-electron chi connectivity index (χ4n) is 0.865. The molecule has 0 aliphatic rings. The number of carbonyl (C=O) groups excluding carboxylic acids is 1. The van der Waals surface area contributed by atoms with Crippen LogP contribution in [0.1, 0.15) is 11.3 Å². The minimum Gasteiger partial charge on any atom is -0.370 e. The number of carbonyl (C=O) groups is 1. The van der Waals surface area contributed by atoms with Crippen LogP contribution in [0.15, 0.2) is 15.9 Å². The van der Waals surface area contributed by atoms with Gasteiger partial charge in [0.05, 0.1) is 0 Å². The Hall–Kier alpha value is -0.390. The van der Waals surface area contributed by atoms with E-state index in [0.717, 1.165) is 11.0 Å². The van der Waals surface area contributed by atoms with E-state index in [4.69, 9.17) is 5.73 Å². The molecular formula is C8H11BrN2OS. The predicted octanol–water partition coefficient (Wildman–Crippen LogP) is 1.48. The lowest BCUT2D eigenvalue weighted by Gasteiger charge is -2.00. The van der Waals surface area contributed by atoms with Gasteiger partial charge in [-0.1, -0.05) is 0 Å². The number of halogens is 1. The standard InChI is InChI=1S/C8H11BrN2OS/c9-6-2-4-13-7(6)5-11-3-1-8(10)12/h2,4,11H,1,3,5H2,(H2,10,12). The molecule has 0 bridgehead atoms. The zero-order valence-electron chi connectivity index (χ0n) is 7.05. The summed E-state index contributed by atoms with van der Waals surface area (Å²) in [6.45, 7) is 1.42. The molecule has 0 radical (unpaired) electrons. The summed E-state index contributed by atoms with van der Waals surface area (Å²) in [5.74, 6) is -0.266. The first kappa shape index (κ1) is 10.7. The maximum atomic E-state index is 10.4. The summed E-state index contributed by atoms with van der Waals surface area (Å²) < 4.78 is 1.11. The first-order valence-corrected chi connectivity index (χ1v) is 5.58. The number of rotatable bonds is 5. The van der Waals surface area contributed by atoms with Crippen LogP contribution < -0.4 is 11.1 Å². The zero-order valence-corrected chi connectivity index (χ0v) is 9.45. The first-order valence-electron chi connectivity index (χ1n) is 3.91. The van der Waals surface area contributed by atoms with Crippen LogP contribution in [-0.2, 0) is 11.3 Å². The minimum absolute atomic E-state index is 0.266. The average Bonchev–Trinajstić information content (AvgIpc) is 2.45. The molecule has 0 aromatic carbocycles. The Morgan fingerprint density at radius 3 is 3.00 bits per heavy atom. The fraction of sp³-hybridized carbons (Fsp3) is 0.375. The molecular weight excluding hydrogens is 252 g/mol. The molecule has 3 nitrogen and oxygen atoms in total. The van der Waals surface area contributed by atoms with Crippen molar-refractivity contribution < 1.29 is 4.79 Å². The van der Waals surface area contributed by atoms with Gasteiger partial charge in [-0.05, 0) is 27.4 Å². The minimum atomic E-state index is -0.266. The van der Waals surface area contributed by atoms with Crippen LogP contribution in [0.4, 0.5) is 0 Å². The van der Waals surface area contributed by atoms with Gasteiger partial charge in [-0.25, -0.2) is 0 Å². The van der Waals surface area contributed by atoms with Gasteiger partial charge in [0.2, 0.25) is 5.91 Å². The summed E-state index contributed by atoms with van der Waals surface area (Å²) in [5.41, 5.74) is 5.00. The van der Waals surface area contributed by atoms with E-state index in [1.165, 1.54) is 4.88 Å². The summed E-state index contributed by atoms with van der Waals surface area (Å²) in [6.07, 6.45) is 0.392. The lowest BCUT2D eigenvalue weighted by molar-refractivity contribution is -0.117. The molecule has 0 atom stereocenters. The molecule has 0 unspecified atom stereocenters. The van der Waals surface area contributed by atoms with E-state index in [9.17, 15) is 4.79 Å². The number of nitrogens with one attached hydrogen (secondary N) is 1. The molecule has 3 N–H and O–H groups in total. The second-order valence-corrected chi connectivity index (χ2v) is 4.44. The van der Waals surface area contributed by atoms with E-state index in [2.05, 4.69) is 21.2 Å². The Kier molecular flexibility index (Phi) is 4.41. The van der Waals surface area contributed by atoms with Gasteiger partial charge < -0.3 is 11.1 Å². The first-order chi connectivity index (χ1) is 6.20. The third-order valence-electron chi connectivity index (χ3n) is 1.52. The van der Waals surface area contributed by atoms with Crippen LogP contribution in [0.2, 0.25) is 0 Å². The maximum absolute atomic E-state index is 10.4. The smallest absolute Gasteiger partial charge is 0.218 e. The van der Waals surface area contributed by atoms with E-state index >= 15 is 0 Å². The number of hydrogen-bond acceptors (Lipinski definition) is 3. The molecule has 0 saturated heterocycles. The highest BCUT2D eigenvalue weighted by atomic mass is 79.9. The van der Waals surface area contributed by atoms with Crippen LogP contribution in [0, 0.1) is 0 Å². The molecule has 1 aromatic rings. The molecule has 5 heteroatoms. The van der Waals surface area contributed by atoms with E-state index < -0.39 is 0 Å². The quantitative estimate of drug-likeness (QED) is 0.790. The van der Waals surface area contributed by atoms with Crippen LogP contribution in [-0.4, -0.2) is 12.5 Å². The third-order valence-corrected chi connectivity index (χ3v) is 3.45. The van der Waals surface area contributed by atoms with Crippen molar-refractivity contribution in [2.24, 2.45) is 5.73 Å². The summed E-state index contributed by atoms with van der Waals surface area (Å²) in [4.78, 5) is 11.6. The topological polar surface area (TPSA) is 55.1 Å². The van der Waals surface area contributed by atoms with Crippen LogP contribution >= 0.6 is 27.3 Å². The Labute approximate surface area is 89.5 Å². The lowest BCUT2D eigenvalue weighted by atomic mass is 10.4. The average molecular weight is 263 g/mol. The predicted molar refractivity (Wildman–Crippen MR) is 57.5 cm³/mol. The normalized spacial score (nSPS) is 10.2. The molecule has 0 aliphatic heterocycles. The Bertz CT molecular complexity index is 287. The number of amides is 1. The molecule has 1 amide bonds. The van der Waals surface area contributed by atoms with Gasteiger partial charge in [-0.15, -0.1) is 11.3 Å². The van der Waals surface area contributed by atoms with Crippen molar-refractivity contribution in [3.63, 3.8) is 0 Å². The fourth-order valence-corrected chi connectivity index (χ4v) is 2.33. The van der Waals surface area contributed by atoms with Crippen molar-refractivity contribution in [1.82, 2.24) is 5.32 Å². The third kappa shape index (κ3) is 3.89. The Balaban J connectivity index is 2.20. The van der Waals surface area contributed by atoms with Gasteiger partial charge in [0, 0.05) is 28.9 Å². The second kappa shape index (κ2) is 5.36. The largest absolute Gasteiger partial charge is 0.370 e. The molecule has 1 rings (SSSR count). The molecule has 72 valence electrons. The van der Waals surface area contributed by atoms with Crippen LogP contribution in [0.5, 0.6) is 0 Å². The highest BCUT2D eigenvalue weighted by Gasteiger charge is 2.00. The SMILES string of the molecule is NC(=O)CCNCc1sccc1Br. The monoisotopic (exact) mass is 262 g/mol. The molecule has 0 aliphatic carbocycles. The molecule has 0 fully saturated rings. The van der Waals surface area contributed by atoms with E-state index in [1.807, 2.05) is 11.4 Å². The Morgan fingerprint density at radius 2 is 2.46 bits per heavy atom. The van der Waals surface area contributed by atoms with Crippen molar-refractivity contribution in [3.05, 3.63) is 20.8 Å². The van der Waals surface area contributed by atoms with Crippen molar-refractivity contribution in [2.45, 2.75) is 13.0 Å². The number of primary amides is 1. The van der Waals surface area contributed by atoms with Gasteiger partial charge in [0.15, 0.2) is 0 Å².